The van der Waals surface area contributed by atoms with Crippen molar-refractivity contribution in [3.8, 4) is 17.0 Å². The number of amides is 2. The van der Waals surface area contributed by atoms with E-state index in [9.17, 15) is 18.0 Å². The maximum absolute atomic E-state index is 14.3. The van der Waals surface area contributed by atoms with Crippen LogP contribution >= 0.6 is 0 Å². The highest BCUT2D eigenvalue weighted by Crippen LogP contribution is 2.47. The molecule has 1 saturated carbocycles. The van der Waals surface area contributed by atoms with Gasteiger partial charge in [0.2, 0.25) is 0 Å². The molecule has 3 aromatic rings. The molecule has 0 radical (unpaired) electrons. The summed E-state index contributed by atoms with van der Waals surface area (Å²) in [5, 5.41) is 1.03. The van der Waals surface area contributed by atoms with Crippen LogP contribution in [-0.2, 0) is 26.3 Å². The summed E-state index contributed by atoms with van der Waals surface area (Å²) >= 11 is 0. The Morgan fingerprint density at radius 2 is 1.65 bits per heavy atom. The van der Waals surface area contributed by atoms with E-state index < -0.39 is 16.1 Å². The summed E-state index contributed by atoms with van der Waals surface area (Å²) in [5.41, 5.74) is 5.89. The highest BCUT2D eigenvalue weighted by atomic mass is 32.2. The Hall–Kier alpha value is -3.71. The molecule has 0 spiro atoms. The van der Waals surface area contributed by atoms with Crippen LogP contribution < -0.4 is 9.46 Å². The number of benzene rings is 2. The third-order valence-electron chi connectivity index (χ3n) is 10.6. The van der Waals surface area contributed by atoms with Gasteiger partial charge in [0, 0.05) is 66.9 Å². The fraction of sp³-hybridized carbons (Fsp3) is 0.514. The molecule has 2 saturated heterocycles. The van der Waals surface area contributed by atoms with Crippen molar-refractivity contribution in [2.45, 2.75) is 70.6 Å². The molecular formula is C37H47N5O6S. The fourth-order valence-corrected chi connectivity index (χ4v) is 9.25. The van der Waals surface area contributed by atoms with Gasteiger partial charge in [0.25, 0.3) is 11.8 Å². The Morgan fingerprint density at radius 1 is 0.939 bits per heavy atom. The molecule has 12 heteroatoms. The normalized spacial score (nSPS) is 22.6. The first-order valence-corrected chi connectivity index (χ1v) is 19.0. The summed E-state index contributed by atoms with van der Waals surface area (Å²) in [5.74, 6) is 0.312. The molecule has 4 aliphatic rings. The van der Waals surface area contributed by atoms with Crippen molar-refractivity contribution >= 4 is 39.0 Å². The zero-order chi connectivity index (χ0) is 34.4. The number of aromatic nitrogens is 1. The van der Waals surface area contributed by atoms with Crippen molar-refractivity contribution in [2.75, 3.05) is 53.4 Å². The number of piperazine rings is 1. The molecule has 1 aromatic heterocycles. The van der Waals surface area contributed by atoms with E-state index in [0.717, 1.165) is 53.4 Å². The molecule has 4 heterocycles. The smallest absolute Gasteiger partial charge is 0.304 e. The number of hydrogen-bond donors (Lipinski definition) is 1. The molecule has 262 valence electrons. The minimum absolute atomic E-state index is 0.0446. The molecule has 1 aliphatic carbocycles. The van der Waals surface area contributed by atoms with E-state index in [4.69, 9.17) is 9.47 Å². The topological polar surface area (TPSA) is 113 Å². The second-order valence-electron chi connectivity index (χ2n) is 14.1. The van der Waals surface area contributed by atoms with Crippen LogP contribution in [0.25, 0.3) is 28.2 Å². The average Bonchev–Trinajstić information content (AvgIpc) is 3.30. The van der Waals surface area contributed by atoms with Crippen LogP contribution in [0.1, 0.15) is 73.4 Å². The van der Waals surface area contributed by atoms with Crippen LogP contribution in [-0.4, -0.2) is 105 Å². The van der Waals surface area contributed by atoms with Crippen molar-refractivity contribution in [3.05, 3.63) is 58.7 Å². The molecule has 2 amide bonds. The molecule has 2 unspecified atom stereocenters. The van der Waals surface area contributed by atoms with Crippen molar-refractivity contribution in [3.63, 3.8) is 0 Å². The Bertz CT molecular complexity index is 1900. The van der Waals surface area contributed by atoms with Gasteiger partial charge in [0.15, 0.2) is 0 Å². The van der Waals surface area contributed by atoms with E-state index in [2.05, 4.69) is 20.3 Å². The lowest BCUT2D eigenvalue weighted by Gasteiger charge is -2.35. The van der Waals surface area contributed by atoms with Crippen molar-refractivity contribution in [2.24, 2.45) is 0 Å². The fourth-order valence-electron chi connectivity index (χ4n) is 8.13. The summed E-state index contributed by atoms with van der Waals surface area (Å²) in [4.78, 5) is 31.9. The van der Waals surface area contributed by atoms with E-state index in [1.807, 2.05) is 50.1 Å². The molecule has 2 atom stereocenters. The van der Waals surface area contributed by atoms with Crippen LogP contribution in [0.15, 0.2) is 42.0 Å². The van der Waals surface area contributed by atoms with E-state index in [0.29, 0.717) is 63.1 Å². The van der Waals surface area contributed by atoms with Gasteiger partial charge < -0.3 is 23.8 Å². The molecule has 3 fully saturated rings. The lowest BCUT2D eigenvalue weighted by Crippen LogP contribution is -2.52. The van der Waals surface area contributed by atoms with Gasteiger partial charge in [-0.05, 0) is 87.2 Å². The van der Waals surface area contributed by atoms with Gasteiger partial charge in [-0.3, -0.25) is 9.59 Å². The second-order valence-corrected chi connectivity index (χ2v) is 15.8. The zero-order valence-corrected chi connectivity index (χ0v) is 29.7. The van der Waals surface area contributed by atoms with E-state index in [1.54, 1.807) is 19.2 Å². The third-order valence-corrected chi connectivity index (χ3v) is 12.0. The monoisotopic (exact) mass is 689 g/mol. The number of morpholine rings is 1. The minimum Gasteiger partial charge on any atom is -0.497 e. The number of carbonyl (C=O) groups excluding carboxylic acids is 2. The number of fused-ring (bicyclic) bond motifs is 5. The lowest BCUT2D eigenvalue weighted by atomic mass is 9.81. The number of methoxy groups -OCH3 is 1. The predicted molar refractivity (Wildman–Crippen MR) is 190 cm³/mol. The van der Waals surface area contributed by atoms with Crippen LogP contribution in [0.2, 0.25) is 0 Å². The number of nitrogens with zero attached hydrogens (tertiary/aromatic N) is 4. The molecule has 1 N–H and O–H groups in total. The minimum atomic E-state index is -4.01. The molecule has 11 nitrogen and oxygen atoms in total. The number of nitrogens with one attached hydrogen (secondary N) is 1. The Balaban J connectivity index is 1.35. The van der Waals surface area contributed by atoms with E-state index >= 15 is 0 Å². The first-order valence-electron chi connectivity index (χ1n) is 17.5. The Labute approximate surface area is 289 Å². The number of hydrogen-bond acceptors (Lipinski definition) is 7. The van der Waals surface area contributed by atoms with Gasteiger partial charge in [-0.25, -0.2) is 4.72 Å². The first-order chi connectivity index (χ1) is 23.5. The highest BCUT2D eigenvalue weighted by Gasteiger charge is 2.34. The van der Waals surface area contributed by atoms with Crippen molar-refractivity contribution < 1.29 is 27.5 Å². The summed E-state index contributed by atoms with van der Waals surface area (Å²) < 4.78 is 43.9. The van der Waals surface area contributed by atoms with Gasteiger partial charge in [0.1, 0.15) is 5.75 Å². The van der Waals surface area contributed by atoms with Gasteiger partial charge in [-0.15, -0.1) is 0 Å². The standard InChI is InChI=1S/C37H47N5O6S/c1-24-21-40(22-25(2)48-24)37(44)29-18-28-19-30(47-4)11-13-31(28)35-34(26-8-6-5-7-9-26)32-12-10-27(20-33(32)42(35)23-29)36(43)38-49(45,46)41-16-14-39(3)15-17-41/h10-13,18-20,24-26H,5-9,14-17,21-23H2,1-4H3,(H,38,43). The lowest BCUT2D eigenvalue weighted by molar-refractivity contribution is -0.139. The second kappa shape index (κ2) is 13.5. The Kier molecular flexibility index (Phi) is 9.33. The largest absolute Gasteiger partial charge is 0.497 e. The molecule has 0 bridgehead atoms. The predicted octanol–water partition coefficient (Wildman–Crippen LogP) is 4.62. The highest BCUT2D eigenvalue weighted by molar-refractivity contribution is 7.87. The van der Waals surface area contributed by atoms with Gasteiger partial charge in [-0.2, -0.15) is 12.7 Å². The molecule has 3 aliphatic heterocycles. The number of carbonyl (C=O) groups is 2. The van der Waals surface area contributed by atoms with Crippen LogP contribution in [0, 0.1) is 0 Å². The summed E-state index contributed by atoms with van der Waals surface area (Å²) in [6.07, 6.45) is 7.47. The van der Waals surface area contributed by atoms with Gasteiger partial charge in [0.05, 0.1) is 31.6 Å². The van der Waals surface area contributed by atoms with E-state index in [-0.39, 0.29) is 23.7 Å². The average molecular weight is 690 g/mol. The van der Waals surface area contributed by atoms with Crippen LogP contribution in [0.5, 0.6) is 5.75 Å². The SMILES string of the molecule is COc1ccc2c(c1)C=C(C(=O)N1CC(C)OC(C)C1)Cn1c-2c(C2CCCCC2)c2ccc(C(=O)NS(=O)(=O)N3CCN(C)CC3)cc21. The molecular weight excluding hydrogens is 643 g/mol. The maximum Gasteiger partial charge on any atom is 0.304 e. The third kappa shape index (κ3) is 6.63. The van der Waals surface area contributed by atoms with E-state index in [1.165, 1.54) is 16.3 Å². The van der Waals surface area contributed by atoms with Crippen LogP contribution in [0.3, 0.4) is 0 Å². The molecule has 7 rings (SSSR count). The summed E-state index contributed by atoms with van der Waals surface area (Å²) in [7, 11) is -0.418. The number of ether oxygens (including phenoxy) is 2. The van der Waals surface area contributed by atoms with Crippen molar-refractivity contribution in [1.29, 1.82) is 0 Å². The van der Waals surface area contributed by atoms with Crippen molar-refractivity contribution in [1.82, 2.24) is 23.4 Å². The van der Waals surface area contributed by atoms with Crippen LogP contribution in [0.4, 0.5) is 0 Å². The Morgan fingerprint density at radius 3 is 2.35 bits per heavy atom. The summed E-state index contributed by atoms with van der Waals surface area (Å²) in [6, 6.07) is 11.5. The maximum atomic E-state index is 14.3. The number of likely N-dealkylation sites (N-methyl/N-ethyl adjacent to an activating group) is 1. The molecule has 49 heavy (non-hydrogen) atoms. The van der Waals surface area contributed by atoms with Gasteiger partial charge >= 0.3 is 10.2 Å². The molecule has 2 aromatic carbocycles. The van der Waals surface area contributed by atoms with Gasteiger partial charge in [-0.1, -0.05) is 25.3 Å². The number of rotatable bonds is 6. The zero-order valence-electron chi connectivity index (χ0n) is 28.9. The quantitative estimate of drug-likeness (QED) is 0.402. The summed E-state index contributed by atoms with van der Waals surface area (Å²) in [6.45, 7) is 7.14. The first kappa shape index (κ1) is 33.8.